The number of hydrogen-bond donors (Lipinski definition) is 2. The lowest BCUT2D eigenvalue weighted by molar-refractivity contribution is -0.127. The maximum Gasteiger partial charge on any atom is 0.243 e. The van der Waals surface area contributed by atoms with E-state index >= 15 is 0 Å². The number of nitrogens with one attached hydrogen (secondary N) is 2. The van der Waals surface area contributed by atoms with Gasteiger partial charge in [0.2, 0.25) is 5.91 Å². The normalized spacial score (nSPS) is 15.4. The lowest BCUT2D eigenvalue weighted by Crippen LogP contribution is -2.42. The van der Waals surface area contributed by atoms with Gasteiger partial charge in [0, 0.05) is 50.1 Å². The predicted molar refractivity (Wildman–Crippen MR) is 132 cm³/mol. The second kappa shape index (κ2) is 12.1. The summed E-state index contributed by atoms with van der Waals surface area (Å²) in [6.45, 7) is 3.59. The molecule has 0 saturated carbocycles. The molecule has 7 nitrogen and oxygen atoms in total. The minimum atomic E-state index is -0.0361. The van der Waals surface area contributed by atoms with Gasteiger partial charge in [0.25, 0.3) is 0 Å². The number of aliphatic imine (C=N–C) groups is 1. The smallest absolute Gasteiger partial charge is 0.243 e. The average Bonchev–Trinajstić information content (AvgIpc) is 3.19. The number of aromatic nitrogens is 1. The van der Waals surface area contributed by atoms with E-state index in [-0.39, 0.29) is 42.5 Å². The zero-order valence-electron chi connectivity index (χ0n) is 17.7. The molecule has 0 aliphatic carbocycles. The molecule has 1 aliphatic rings. The second-order valence-corrected chi connectivity index (χ2v) is 8.28. The van der Waals surface area contributed by atoms with Gasteiger partial charge in [-0.15, -0.1) is 35.3 Å². The fourth-order valence-electron chi connectivity index (χ4n) is 3.01. The second-order valence-electron chi connectivity index (χ2n) is 7.08. The van der Waals surface area contributed by atoms with Crippen LogP contribution in [0.4, 0.5) is 0 Å². The Balaban J connectivity index is 0.00000320. The summed E-state index contributed by atoms with van der Waals surface area (Å²) in [6.07, 6.45) is 4.61. The summed E-state index contributed by atoms with van der Waals surface area (Å²) in [5.41, 5.74) is 1.11. The minimum absolute atomic E-state index is 0. The first kappa shape index (κ1) is 24.4. The van der Waals surface area contributed by atoms with E-state index in [1.807, 2.05) is 24.4 Å². The molecule has 1 aromatic heterocycles. The summed E-state index contributed by atoms with van der Waals surface area (Å²) in [4.78, 5) is 23.8. The number of thiazole rings is 1. The quantitative estimate of drug-likeness (QED) is 0.319. The molecule has 0 fully saturated rings. The molecule has 0 saturated heterocycles. The highest BCUT2D eigenvalue weighted by Gasteiger charge is 2.22. The first-order valence-electron chi connectivity index (χ1n) is 9.97. The van der Waals surface area contributed by atoms with E-state index < -0.39 is 0 Å². The van der Waals surface area contributed by atoms with Gasteiger partial charge in [-0.05, 0) is 12.5 Å². The van der Waals surface area contributed by atoms with Crippen molar-refractivity contribution in [2.45, 2.75) is 32.2 Å². The summed E-state index contributed by atoms with van der Waals surface area (Å²) < 4.78 is 5.75. The molecule has 1 unspecified atom stereocenters. The standard InChI is InChI=1S/C21H29N5O2S.HI/c1-4-15-13-23-19(29-15)9-11-22-21(24-14-20(27)26(2)3)25-17-10-12-28-18-8-6-5-7-16(17)18;/h5-8,13,17H,4,9-12,14H2,1-3H3,(H2,22,24,25);1H. The fourth-order valence-corrected chi connectivity index (χ4v) is 3.87. The SMILES string of the molecule is CCc1cnc(CCNC(=NCC(=O)N(C)C)NC2CCOc3ccccc32)s1.I. The van der Waals surface area contributed by atoms with Crippen LogP contribution in [0.3, 0.4) is 0 Å². The van der Waals surface area contributed by atoms with Crippen molar-refractivity contribution in [2.24, 2.45) is 4.99 Å². The largest absolute Gasteiger partial charge is 0.493 e. The maximum absolute atomic E-state index is 12.0. The number of carbonyl (C=O) groups excluding carboxylic acids is 1. The van der Waals surface area contributed by atoms with E-state index in [0.29, 0.717) is 19.1 Å². The lowest BCUT2D eigenvalue weighted by atomic mass is 10.0. The summed E-state index contributed by atoms with van der Waals surface area (Å²) in [6, 6.07) is 8.12. The number of fused-ring (bicyclic) bond motifs is 1. The van der Waals surface area contributed by atoms with Gasteiger partial charge in [0.1, 0.15) is 12.3 Å². The Hall–Kier alpha value is -1.88. The Bertz CT molecular complexity index is 855. The number of likely N-dealkylation sites (N-methyl/N-ethyl adjacent to an activating group) is 1. The van der Waals surface area contributed by atoms with Gasteiger partial charge in [-0.1, -0.05) is 25.1 Å². The predicted octanol–water partition coefficient (Wildman–Crippen LogP) is 3.01. The third-order valence-corrected chi connectivity index (χ3v) is 5.92. The summed E-state index contributed by atoms with van der Waals surface area (Å²) in [7, 11) is 3.47. The molecule has 2 heterocycles. The van der Waals surface area contributed by atoms with Gasteiger partial charge in [-0.2, -0.15) is 0 Å². The number of benzene rings is 1. The third kappa shape index (κ3) is 6.83. The van der Waals surface area contributed by atoms with Crippen molar-refractivity contribution >= 4 is 47.2 Å². The molecule has 2 N–H and O–H groups in total. The van der Waals surface area contributed by atoms with Crippen LogP contribution in [-0.2, 0) is 17.6 Å². The number of guanidine groups is 1. The summed E-state index contributed by atoms with van der Waals surface area (Å²) in [5.74, 6) is 1.50. The Morgan fingerprint density at radius 1 is 1.37 bits per heavy atom. The molecule has 0 bridgehead atoms. The number of amides is 1. The van der Waals surface area contributed by atoms with Gasteiger partial charge in [-0.3, -0.25) is 4.79 Å². The van der Waals surface area contributed by atoms with Crippen molar-refractivity contribution < 1.29 is 9.53 Å². The van der Waals surface area contributed by atoms with Crippen LogP contribution in [0, 0.1) is 0 Å². The van der Waals surface area contributed by atoms with Crippen LogP contribution in [0.25, 0.3) is 0 Å². The van der Waals surface area contributed by atoms with Crippen LogP contribution in [0.15, 0.2) is 35.5 Å². The van der Waals surface area contributed by atoms with Crippen molar-refractivity contribution in [2.75, 3.05) is 33.8 Å². The molecule has 3 rings (SSSR count). The van der Waals surface area contributed by atoms with Crippen molar-refractivity contribution in [1.82, 2.24) is 20.5 Å². The molecule has 0 spiro atoms. The zero-order chi connectivity index (χ0) is 20.6. The van der Waals surface area contributed by atoms with Gasteiger partial charge in [0.05, 0.1) is 17.7 Å². The molecular weight excluding hydrogens is 513 g/mol. The van der Waals surface area contributed by atoms with Crippen LogP contribution in [0.1, 0.15) is 34.8 Å². The molecule has 1 amide bonds. The van der Waals surface area contributed by atoms with Gasteiger partial charge < -0.3 is 20.3 Å². The number of rotatable bonds is 7. The summed E-state index contributed by atoms with van der Waals surface area (Å²) >= 11 is 1.74. The van der Waals surface area contributed by atoms with E-state index in [9.17, 15) is 4.79 Å². The highest BCUT2D eigenvalue weighted by atomic mass is 127. The Morgan fingerprint density at radius 2 is 2.17 bits per heavy atom. The van der Waals surface area contributed by atoms with Gasteiger partial charge in [-0.25, -0.2) is 9.98 Å². The molecular formula is C21H30IN5O2S. The molecule has 0 radical (unpaired) electrons. The first-order valence-corrected chi connectivity index (χ1v) is 10.8. The number of hydrogen-bond acceptors (Lipinski definition) is 5. The Labute approximate surface area is 199 Å². The molecule has 1 atom stereocenters. The average molecular weight is 543 g/mol. The number of carbonyl (C=O) groups is 1. The van der Waals surface area contributed by atoms with Crippen molar-refractivity contribution in [3.8, 4) is 5.75 Å². The highest BCUT2D eigenvalue weighted by Crippen LogP contribution is 2.31. The molecule has 30 heavy (non-hydrogen) atoms. The van der Waals surface area contributed by atoms with Crippen LogP contribution in [0.5, 0.6) is 5.75 Å². The van der Waals surface area contributed by atoms with E-state index in [1.54, 1.807) is 30.3 Å². The van der Waals surface area contributed by atoms with Crippen molar-refractivity contribution in [1.29, 1.82) is 0 Å². The number of ether oxygens (including phenoxy) is 1. The third-order valence-electron chi connectivity index (χ3n) is 4.72. The topological polar surface area (TPSA) is 78.9 Å². The van der Waals surface area contributed by atoms with E-state index in [0.717, 1.165) is 35.6 Å². The van der Waals surface area contributed by atoms with Gasteiger partial charge in [0.15, 0.2) is 5.96 Å². The lowest BCUT2D eigenvalue weighted by Gasteiger charge is -2.28. The minimum Gasteiger partial charge on any atom is -0.493 e. The molecule has 9 heteroatoms. The van der Waals surface area contributed by atoms with Crippen LogP contribution < -0.4 is 15.4 Å². The monoisotopic (exact) mass is 543 g/mol. The van der Waals surface area contributed by atoms with Crippen LogP contribution in [-0.4, -0.2) is 55.5 Å². The number of aryl methyl sites for hydroxylation is 1. The fraction of sp³-hybridized carbons (Fsp3) is 0.476. The van der Waals surface area contributed by atoms with Crippen molar-refractivity contribution in [3.05, 3.63) is 45.9 Å². The molecule has 2 aromatic rings. The Kier molecular flexibility index (Phi) is 9.83. The molecule has 1 aromatic carbocycles. The molecule has 1 aliphatic heterocycles. The van der Waals surface area contributed by atoms with Crippen LogP contribution >= 0.6 is 35.3 Å². The zero-order valence-corrected chi connectivity index (χ0v) is 20.8. The maximum atomic E-state index is 12.0. The number of para-hydroxylation sites is 1. The molecule has 164 valence electrons. The summed E-state index contributed by atoms with van der Waals surface area (Å²) in [5, 5.41) is 7.95. The van der Waals surface area contributed by atoms with E-state index in [2.05, 4.69) is 33.6 Å². The van der Waals surface area contributed by atoms with E-state index in [1.165, 1.54) is 4.88 Å². The number of halogens is 1. The van der Waals surface area contributed by atoms with Crippen molar-refractivity contribution in [3.63, 3.8) is 0 Å². The number of nitrogens with zero attached hydrogens (tertiary/aromatic N) is 3. The van der Waals surface area contributed by atoms with Crippen LogP contribution in [0.2, 0.25) is 0 Å². The van der Waals surface area contributed by atoms with Gasteiger partial charge >= 0.3 is 0 Å². The Morgan fingerprint density at radius 3 is 2.90 bits per heavy atom. The van der Waals surface area contributed by atoms with E-state index in [4.69, 9.17) is 4.74 Å². The first-order chi connectivity index (χ1) is 14.1. The highest BCUT2D eigenvalue weighted by molar-refractivity contribution is 14.0.